The smallest absolute Gasteiger partial charge is 0.0195 e. The van der Waals surface area contributed by atoms with Crippen molar-refractivity contribution in [3.63, 3.8) is 0 Å². The van der Waals surface area contributed by atoms with E-state index in [2.05, 4.69) is 30.6 Å². The normalized spacial score (nSPS) is 27.8. The standard InChI is InChI=1S/C10H22N2/c1-4-6-12-8-7-11(5-2)9-10(12)3/h10H,4-9H2,1-3H3. The molecule has 0 N–H and O–H groups in total. The lowest BCUT2D eigenvalue weighted by atomic mass is 10.2. The van der Waals surface area contributed by atoms with E-state index in [1.807, 2.05) is 0 Å². The Hall–Kier alpha value is -0.0800. The van der Waals surface area contributed by atoms with Gasteiger partial charge in [-0.15, -0.1) is 0 Å². The number of hydrogen-bond acceptors (Lipinski definition) is 2. The third-order valence-corrected chi connectivity index (χ3v) is 2.81. The molecule has 0 aromatic rings. The summed E-state index contributed by atoms with van der Waals surface area (Å²) in [5.74, 6) is 0. The molecule has 72 valence electrons. The topological polar surface area (TPSA) is 6.48 Å². The van der Waals surface area contributed by atoms with Gasteiger partial charge in [0, 0.05) is 25.7 Å². The van der Waals surface area contributed by atoms with E-state index < -0.39 is 0 Å². The van der Waals surface area contributed by atoms with Crippen LogP contribution in [-0.2, 0) is 0 Å². The van der Waals surface area contributed by atoms with Crippen LogP contribution in [-0.4, -0.2) is 48.6 Å². The first-order valence-electron chi connectivity index (χ1n) is 5.24. The van der Waals surface area contributed by atoms with Crippen LogP contribution in [0.25, 0.3) is 0 Å². The van der Waals surface area contributed by atoms with Gasteiger partial charge in [-0.2, -0.15) is 0 Å². The highest BCUT2D eigenvalue weighted by molar-refractivity contribution is 4.77. The van der Waals surface area contributed by atoms with Crippen LogP contribution in [0.15, 0.2) is 0 Å². The van der Waals surface area contributed by atoms with Crippen LogP contribution in [0, 0.1) is 0 Å². The van der Waals surface area contributed by atoms with Crippen molar-refractivity contribution < 1.29 is 0 Å². The minimum atomic E-state index is 0.763. The van der Waals surface area contributed by atoms with Gasteiger partial charge in [-0.25, -0.2) is 0 Å². The minimum absolute atomic E-state index is 0.763. The second-order valence-electron chi connectivity index (χ2n) is 3.78. The SMILES string of the molecule is CCCN1CCN(CC)CC1C. The first-order chi connectivity index (χ1) is 5.77. The molecule has 12 heavy (non-hydrogen) atoms. The Labute approximate surface area is 76.5 Å². The molecule has 0 amide bonds. The van der Waals surface area contributed by atoms with Gasteiger partial charge in [-0.3, -0.25) is 4.90 Å². The van der Waals surface area contributed by atoms with E-state index in [-0.39, 0.29) is 0 Å². The van der Waals surface area contributed by atoms with Gasteiger partial charge in [0.15, 0.2) is 0 Å². The molecule has 0 aromatic heterocycles. The predicted octanol–water partition coefficient (Wildman–Crippen LogP) is 1.42. The zero-order chi connectivity index (χ0) is 8.97. The van der Waals surface area contributed by atoms with Crippen molar-refractivity contribution in [1.82, 2.24) is 9.80 Å². The van der Waals surface area contributed by atoms with Gasteiger partial charge < -0.3 is 4.90 Å². The maximum absolute atomic E-state index is 2.60. The highest BCUT2D eigenvalue weighted by Gasteiger charge is 2.21. The van der Waals surface area contributed by atoms with Crippen molar-refractivity contribution in [2.75, 3.05) is 32.7 Å². The lowest BCUT2D eigenvalue weighted by molar-refractivity contribution is 0.0873. The number of piperazine rings is 1. The molecule has 1 unspecified atom stereocenters. The van der Waals surface area contributed by atoms with Crippen LogP contribution >= 0.6 is 0 Å². The molecule has 2 nitrogen and oxygen atoms in total. The molecule has 1 aliphatic rings. The van der Waals surface area contributed by atoms with Crippen molar-refractivity contribution in [3.05, 3.63) is 0 Å². The Morgan fingerprint density at radius 3 is 2.50 bits per heavy atom. The number of hydrogen-bond donors (Lipinski definition) is 0. The van der Waals surface area contributed by atoms with E-state index in [4.69, 9.17) is 0 Å². The monoisotopic (exact) mass is 170 g/mol. The highest BCUT2D eigenvalue weighted by Crippen LogP contribution is 2.08. The highest BCUT2D eigenvalue weighted by atomic mass is 15.3. The fourth-order valence-corrected chi connectivity index (χ4v) is 1.98. The van der Waals surface area contributed by atoms with Gasteiger partial charge in [0.1, 0.15) is 0 Å². The molecule has 0 bridgehead atoms. The molecule has 0 saturated carbocycles. The summed E-state index contributed by atoms with van der Waals surface area (Å²) in [5, 5.41) is 0. The largest absolute Gasteiger partial charge is 0.301 e. The molecule has 2 heteroatoms. The van der Waals surface area contributed by atoms with Gasteiger partial charge in [-0.1, -0.05) is 13.8 Å². The quantitative estimate of drug-likeness (QED) is 0.632. The predicted molar refractivity (Wildman–Crippen MR) is 53.4 cm³/mol. The Kier molecular flexibility index (Phi) is 4.02. The van der Waals surface area contributed by atoms with E-state index >= 15 is 0 Å². The number of nitrogens with zero attached hydrogens (tertiary/aromatic N) is 2. The molecule has 1 aliphatic heterocycles. The molecule has 1 atom stereocenters. The van der Waals surface area contributed by atoms with Gasteiger partial charge >= 0.3 is 0 Å². The zero-order valence-electron chi connectivity index (χ0n) is 8.71. The Morgan fingerprint density at radius 1 is 1.25 bits per heavy atom. The molecular formula is C10H22N2. The van der Waals surface area contributed by atoms with Crippen LogP contribution in [0.2, 0.25) is 0 Å². The van der Waals surface area contributed by atoms with E-state index in [1.54, 1.807) is 0 Å². The summed E-state index contributed by atoms with van der Waals surface area (Å²) in [7, 11) is 0. The van der Waals surface area contributed by atoms with Crippen LogP contribution in [0.4, 0.5) is 0 Å². The summed E-state index contributed by atoms with van der Waals surface area (Å²) < 4.78 is 0. The van der Waals surface area contributed by atoms with E-state index in [0.29, 0.717) is 0 Å². The first kappa shape index (κ1) is 10.0. The molecular weight excluding hydrogens is 148 g/mol. The molecule has 0 aromatic carbocycles. The van der Waals surface area contributed by atoms with Gasteiger partial charge in [0.2, 0.25) is 0 Å². The van der Waals surface area contributed by atoms with Crippen molar-refractivity contribution >= 4 is 0 Å². The van der Waals surface area contributed by atoms with Crippen LogP contribution < -0.4 is 0 Å². The maximum atomic E-state index is 2.60. The Bertz CT molecular complexity index is 125. The van der Waals surface area contributed by atoms with Gasteiger partial charge in [0.05, 0.1) is 0 Å². The van der Waals surface area contributed by atoms with E-state index in [0.717, 1.165) is 6.04 Å². The van der Waals surface area contributed by atoms with Crippen LogP contribution in [0.5, 0.6) is 0 Å². The Balaban J connectivity index is 2.31. The van der Waals surface area contributed by atoms with Crippen molar-refractivity contribution in [1.29, 1.82) is 0 Å². The number of likely N-dealkylation sites (N-methyl/N-ethyl adjacent to an activating group) is 1. The van der Waals surface area contributed by atoms with Crippen molar-refractivity contribution in [2.24, 2.45) is 0 Å². The fourth-order valence-electron chi connectivity index (χ4n) is 1.98. The minimum Gasteiger partial charge on any atom is -0.301 e. The summed E-state index contributed by atoms with van der Waals surface area (Å²) in [6.07, 6.45) is 1.29. The fraction of sp³-hybridized carbons (Fsp3) is 1.00. The van der Waals surface area contributed by atoms with Crippen molar-refractivity contribution in [3.8, 4) is 0 Å². The van der Waals surface area contributed by atoms with Crippen LogP contribution in [0.1, 0.15) is 27.2 Å². The second-order valence-corrected chi connectivity index (χ2v) is 3.78. The molecule has 1 rings (SSSR count). The van der Waals surface area contributed by atoms with Gasteiger partial charge in [-0.05, 0) is 26.4 Å². The summed E-state index contributed by atoms with van der Waals surface area (Å²) in [6, 6.07) is 0.763. The zero-order valence-corrected chi connectivity index (χ0v) is 8.71. The Morgan fingerprint density at radius 2 is 2.00 bits per heavy atom. The van der Waals surface area contributed by atoms with Crippen LogP contribution in [0.3, 0.4) is 0 Å². The second kappa shape index (κ2) is 4.83. The maximum Gasteiger partial charge on any atom is 0.0195 e. The molecule has 1 saturated heterocycles. The molecule has 0 aliphatic carbocycles. The average Bonchev–Trinajstić information content (AvgIpc) is 2.09. The third kappa shape index (κ3) is 2.46. The summed E-state index contributed by atoms with van der Waals surface area (Å²) in [4.78, 5) is 5.14. The average molecular weight is 170 g/mol. The van der Waals surface area contributed by atoms with E-state index in [1.165, 1.54) is 39.1 Å². The van der Waals surface area contributed by atoms with E-state index in [9.17, 15) is 0 Å². The molecule has 0 radical (unpaired) electrons. The molecule has 0 spiro atoms. The number of rotatable bonds is 3. The molecule has 1 heterocycles. The molecule has 1 fully saturated rings. The first-order valence-corrected chi connectivity index (χ1v) is 5.24. The summed E-state index contributed by atoms with van der Waals surface area (Å²) in [6.45, 7) is 13.1. The van der Waals surface area contributed by atoms with Gasteiger partial charge in [0.25, 0.3) is 0 Å². The lowest BCUT2D eigenvalue weighted by Crippen LogP contribution is -2.51. The third-order valence-electron chi connectivity index (χ3n) is 2.81. The van der Waals surface area contributed by atoms with Crippen molar-refractivity contribution in [2.45, 2.75) is 33.2 Å². The summed E-state index contributed by atoms with van der Waals surface area (Å²) >= 11 is 0. The summed E-state index contributed by atoms with van der Waals surface area (Å²) in [5.41, 5.74) is 0. The lowest BCUT2D eigenvalue weighted by Gasteiger charge is -2.39.